The summed E-state index contributed by atoms with van der Waals surface area (Å²) >= 11 is 1.63. The summed E-state index contributed by atoms with van der Waals surface area (Å²) in [5, 5.41) is 2.23. The van der Waals surface area contributed by atoms with Crippen LogP contribution in [0.25, 0.3) is 0 Å². The number of carbonyl (C=O) groups excluding carboxylic acids is 3. The smallest absolute Gasteiger partial charge is 0.324 e. The van der Waals surface area contributed by atoms with Gasteiger partial charge in [0, 0.05) is 22.7 Å². The van der Waals surface area contributed by atoms with Crippen LogP contribution in [0.3, 0.4) is 0 Å². The summed E-state index contributed by atoms with van der Waals surface area (Å²) in [6.07, 6.45) is 1.78. The second-order valence-corrected chi connectivity index (χ2v) is 7.24. The zero-order valence-corrected chi connectivity index (χ0v) is 14.7. The van der Waals surface area contributed by atoms with Gasteiger partial charge in [-0.2, -0.15) is 0 Å². The molecule has 3 heterocycles. The third-order valence-electron chi connectivity index (χ3n) is 3.89. The number of thiophene rings is 1. The van der Waals surface area contributed by atoms with Crippen molar-refractivity contribution in [3.63, 3.8) is 0 Å². The van der Waals surface area contributed by atoms with Gasteiger partial charge in [-0.05, 0) is 31.2 Å². The molecule has 25 heavy (non-hydrogen) atoms. The lowest BCUT2D eigenvalue weighted by molar-refractivity contribution is -0.134. The highest BCUT2D eigenvalue weighted by Crippen LogP contribution is 2.19. The average molecular weight is 361 g/mol. The fraction of sp³-hybridized carbons (Fsp3) is 0.353. The van der Waals surface area contributed by atoms with Crippen molar-refractivity contribution in [2.75, 3.05) is 13.1 Å². The first-order chi connectivity index (χ1) is 12.0. The lowest BCUT2D eigenvalue weighted by Gasteiger charge is -2.29. The fourth-order valence-corrected chi connectivity index (χ4v) is 3.50. The van der Waals surface area contributed by atoms with Gasteiger partial charge in [0.25, 0.3) is 0 Å². The third-order valence-corrected chi connectivity index (χ3v) is 4.88. The molecule has 3 rings (SSSR count). The van der Waals surface area contributed by atoms with E-state index in [0.29, 0.717) is 18.8 Å². The highest BCUT2D eigenvalue weighted by Gasteiger charge is 2.27. The van der Waals surface area contributed by atoms with E-state index in [4.69, 9.17) is 4.42 Å². The van der Waals surface area contributed by atoms with Crippen LogP contribution in [0.2, 0.25) is 0 Å². The van der Waals surface area contributed by atoms with E-state index in [2.05, 4.69) is 5.32 Å². The minimum atomic E-state index is -0.519. The van der Waals surface area contributed by atoms with Crippen LogP contribution in [0.1, 0.15) is 21.9 Å². The number of carbonyl (C=O) groups is 3. The van der Waals surface area contributed by atoms with E-state index in [1.807, 2.05) is 25.1 Å². The Kier molecular flexibility index (Phi) is 5.18. The number of nitrogens with one attached hydrogen (secondary N) is 1. The van der Waals surface area contributed by atoms with Crippen LogP contribution < -0.4 is 5.32 Å². The molecule has 0 saturated carbocycles. The standard InChI is InChI=1S/C17H19N3O4S/c1-12-4-5-14(25-12)10-20(9-13-3-2-8-24-13)16(22)11-19-7-6-15(21)18-17(19)23/h2-5,8H,6-7,9-11H2,1H3,(H,18,21,23). The molecule has 1 aliphatic heterocycles. The Hall–Kier alpha value is -2.61. The first-order valence-electron chi connectivity index (χ1n) is 7.95. The van der Waals surface area contributed by atoms with E-state index in [-0.39, 0.29) is 31.3 Å². The Labute approximate surface area is 149 Å². The molecule has 1 saturated heterocycles. The van der Waals surface area contributed by atoms with Gasteiger partial charge in [-0.15, -0.1) is 11.3 Å². The fourth-order valence-electron chi connectivity index (χ4n) is 2.59. The Morgan fingerprint density at radius 1 is 1.32 bits per heavy atom. The van der Waals surface area contributed by atoms with E-state index in [0.717, 1.165) is 4.88 Å². The number of imide groups is 1. The highest BCUT2D eigenvalue weighted by molar-refractivity contribution is 7.11. The predicted octanol–water partition coefficient (Wildman–Crippen LogP) is 2.12. The minimum absolute atomic E-state index is 0.0653. The zero-order chi connectivity index (χ0) is 17.8. The lowest BCUT2D eigenvalue weighted by Crippen LogP contribution is -2.52. The Morgan fingerprint density at radius 3 is 2.80 bits per heavy atom. The Morgan fingerprint density at radius 2 is 2.16 bits per heavy atom. The highest BCUT2D eigenvalue weighted by atomic mass is 32.1. The number of furan rings is 1. The largest absolute Gasteiger partial charge is 0.467 e. The van der Waals surface area contributed by atoms with Gasteiger partial charge in [0.05, 0.1) is 19.4 Å². The molecule has 2 aromatic heterocycles. The van der Waals surface area contributed by atoms with E-state index >= 15 is 0 Å². The van der Waals surface area contributed by atoms with Crippen LogP contribution in [0.5, 0.6) is 0 Å². The van der Waals surface area contributed by atoms with Gasteiger partial charge < -0.3 is 14.2 Å². The minimum Gasteiger partial charge on any atom is -0.467 e. The maximum atomic E-state index is 12.8. The topological polar surface area (TPSA) is 82.9 Å². The second kappa shape index (κ2) is 7.52. The van der Waals surface area contributed by atoms with E-state index in [1.165, 1.54) is 9.78 Å². The van der Waals surface area contributed by atoms with Crippen molar-refractivity contribution in [2.24, 2.45) is 0 Å². The summed E-state index contributed by atoms with van der Waals surface area (Å²) in [5.41, 5.74) is 0. The normalized spacial score (nSPS) is 14.5. The van der Waals surface area contributed by atoms with Crippen molar-refractivity contribution in [3.05, 3.63) is 46.0 Å². The monoisotopic (exact) mass is 361 g/mol. The van der Waals surface area contributed by atoms with Crippen LogP contribution in [0.4, 0.5) is 4.79 Å². The molecular weight excluding hydrogens is 342 g/mol. The zero-order valence-electron chi connectivity index (χ0n) is 13.9. The van der Waals surface area contributed by atoms with Gasteiger partial charge in [-0.1, -0.05) is 0 Å². The molecule has 1 N–H and O–H groups in total. The number of urea groups is 1. The molecule has 1 aliphatic rings. The molecule has 0 atom stereocenters. The van der Waals surface area contributed by atoms with Crippen molar-refractivity contribution in [2.45, 2.75) is 26.4 Å². The van der Waals surface area contributed by atoms with Gasteiger partial charge in [0.15, 0.2) is 0 Å². The molecule has 0 unspecified atom stereocenters. The van der Waals surface area contributed by atoms with Crippen molar-refractivity contribution in [1.82, 2.24) is 15.1 Å². The summed E-state index contributed by atoms with van der Waals surface area (Å²) in [4.78, 5) is 41.1. The summed E-state index contributed by atoms with van der Waals surface area (Å²) < 4.78 is 5.35. The maximum Gasteiger partial charge on any atom is 0.324 e. The molecule has 7 nitrogen and oxygen atoms in total. The molecule has 0 spiro atoms. The lowest BCUT2D eigenvalue weighted by atomic mass is 10.3. The number of aryl methyl sites for hydroxylation is 1. The van der Waals surface area contributed by atoms with E-state index in [1.54, 1.807) is 28.6 Å². The third kappa shape index (κ3) is 4.48. The SMILES string of the molecule is Cc1ccc(CN(Cc2ccco2)C(=O)CN2CCC(=O)NC2=O)s1. The van der Waals surface area contributed by atoms with Crippen LogP contribution >= 0.6 is 11.3 Å². The van der Waals surface area contributed by atoms with Crippen LogP contribution in [-0.4, -0.2) is 40.7 Å². The summed E-state index contributed by atoms with van der Waals surface area (Å²) in [5.74, 6) is 0.182. The molecule has 2 aromatic rings. The molecule has 0 aromatic carbocycles. The van der Waals surface area contributed by atoms with Gasteiger partial charge in [-0.3, -0.25) is 14.9 Å². The Bertz CT molecular complexity index is 769. The van der Waals surface area contributed by atoms with Crippen molar-refractivity contribution in [1.29, 1.82) is 0 Å². The van der Waals surface area contributed by atoms with Crippen LogP contribution in [0.15, 0.2) is 34.9 Å². The van der Waals surface area contributed by atoms with Gasteiger partial charge in [-0.25, -0.2) is 4.79 Å². The summed E-state index contributed by atoms with van der Waals surface area (Å²) in [7, 11) is 0. The first-order valence-corrected chi connectivity index (χ1v) is 8.77. The van der Waals surface area contributed by atoms with E-state index < -0.39 is 6.03 Å². The molecule has 0 aliphatic carbocycles. The molecular formula is C17H19N3O4S. The van der Waals surface area contributed by atoms with Gasteiger partial charge >= 0.3 is 6.03 Å². The summed E-state index contributed by atoms with van der Waals surface area (Å²) in [6, 6.07) is 7.08. The molecule has 8 heteroatoms. The second-order valence-electron chi connectivity index (χ2n) is 5.87. The van der Waals surface area contributed by atoms with Crippen LogP contribution in [0, 0.1) is 6.92 Å². The number of rotatable bonds is 6. The van der Waals surface area contributed by atoms with Crippen molar-refractivity contribution >= 4 is 29.2 Å². The average Bonchev–Trinajstić information content (AvgIpc) is 3.21. The molecule has 4 amide bonds. The number of hydrogen-bond donors (Lipinski definition) is 1. The molecule has 132 valence electrons. The Balaban J connectivity index is 1.69. The molecule has 0 bridgehead atoms. The predicted molar refractivity (Wildman–Crippen MR) is 91.7 cm³/mol. The maximum absolute atomic E-state index is 12.8. The number of hydrogen-bond acceptors (Lipinski definition) is 5. The molecule has 0 radical (unpaired) electrons. The first kappa shape index (κ1) is 17.2. The van der Waals surface area contributed by atoms with E-state index in [9.17, 15) is 14.4 Å². The van der Waals surface area contributed by atoms with Crippen molar-refractivity contribution < 1.29 is 18.8 Å². The molecule has 1 fully saturated rings. The van der Waals surface area contributed by atoms with Gasteiger partial charge in [0.2, 0.25) is 11.8 Å². The quantitative estimate of drug-likeness (QED) is 0.854. The summed E-state index contributed by atoms with van der Waals surface area (Å²) in [6.45, 7) is 2.98. The van der Waals surface area contributed by atoms with Gasteiger partial charge in [0.1, 0.15) is 12.3 Å². The van der Waals surface area contributed by atoms with Crippen LogP contribution in [-0.2, 0) is 22.7 Å². The van der Waals surface area contributed by atoms with Crippen molar-refractivity contribution in [3.8, 4) is 0 Å². The number of amides is 4. The number of nitrogens with zero attached hydrogens (tertiary/aromatic N) is 2.